The molecule has 0 spiro atoms. The Morgan fingerprint density at radius 2 is 1.75 bits per heavy atom. The molecule has 0 saturated carbocycles. The maximum absolute atomic E-state index is 13.2. The minimum Gasteiger partial charge on any atom is -0.508 e. The third kappa shape index (κ3) is 6.72. The molecule has 0 aromatic heterocycles. The van der Waals surface area contributed by atoms with Crippen LogP contribution in [0.25, 0.3) is 0 Å². The van der Waals surface area contributed by atoms with Crippen molar-refractivity contribution < 1.29 is 23.5 Å². The van der Waals surface area contributed by atoms with Crippen LogP contribution in [-0.2, 0) is 20.0 Å². The first kappa shape index (κ1) is 28.3. The van der Waals surface area contributed by atoms with Crippen molar-refractivity contribution in [3.8, 4) is 11.5 Å². The summed E-state index contributed by atoms with van der Waals surface area (Å²) in [5.41, 5.74) is 6.39. The average Bonchev–Trinajstić information content (AvgIpc) is 2.81. The summed E-state index contributed by atoms with van der Waals surface area (Å²) in [5.74, 6) is 1.22. The molecule has 0 unspecified atom stereocenters. The molecule has 1 aliphatic heterocycles. The first-order valence-electron chi connectivity index (χ1n) is 11.9. The molecule has 194 valence electrons. The minimum atomic E-state index is -3.41. The summed E-state index contributed by atoms with van der Waals surface area (Å²) >= 11 is 5.98. The van der Waals surface area contributed by atoms with Gasteiger partial charge in [-0.25, -0.2) is 0 Å². The van der Waals surface area contributed by atoms with Gasteiger partial charge in [-0.2, -0.15) is 0 Å². The molecule has 1 N–H and O–H groups in total. The van der Waals surface area contributed by atoms with Crippen LogP contribution in [0.3, 0.4) is 0 Å². The van der Waals surface area contributed by atoms with E-state index in [-0.39, 0.29) is 25.8 Å². The van der Waals surface area contributed by atoms with E-state index in [1.54, 1.807) is 18.2 Å². The van der Waals surface area contributed by atoms with Crippen molar-refractivity contribution in [2.75, 3.05) is 13.0 Å². The number of rotatable bonds is 7. The van der Waals surface area contributed by atoms with Crippen molar-refractivity contribution >= 4 is 19.2 Å². The molecule has 0 radical (unpaired) electrons. The molecule has 0 bridgehead atoms. The Hall–Kier alpha value is -2.30. The second kappa shape index (κ2) is 11.8. The summed E-state index contributed by atoms with van der Waals surface area (Å²) in [5, 5.41) is 10.8. The third-order valence-corrected chi connectivity index (χ3v) is 8.20. The van der Waals surface area contributed by atoms with Crippen LogP contribution in [0.2, 0.25) is 5.02 Å². The molecule has 2 atom stereocenters. The molecular formula is C29H36ClO5P. The van der Waals surface area contributed by atoms with Crippen molar-refractivity contribution in [2.24, 2.45) is 0 Å². The number of phenols is 1. The molecule has 5 nitrogen and oxygen atoms in total. The second-order valence-electron chi connectivity index (χ2n) is 9.41. The van der Waals surface area contributed by atoms with Crippen molar-refractivity contribution in [3.63, 3.8) is 0 Å². The number of hydrogen-bond donors (Lipinski definition) is 1. The normalized spacial score (nSPS) is 19.7. The number of halogens is 1. The Labute approximate surface area is 219 Å². The van der Waals surface area contributed by atoms with E-state index in [1.165, 1.54) is 5.56 Å². The number of hydrogen-bond acceptors (Lipinski definition) is 5. The molecule has 3 aromatic carbocycles. The van der Waals surface area contributed by atoms with E-state index in [0.717, 1.165) is 34.2 Å². The molecule has 4 rings (SSSR count). The van der Waals surface area contributed by atoms with Gasteiger partial charge in [-0.15, -0.1) is 0 Å². The van der Waals surface area contributed by atoms with E-state index < -0.39 is 7.60 Å². The van der Waals surface area contributed by atoms with Gasteiger partial charge in [0.15, 0.2) is 6.35 Å². The highest BCUT2D eigenvalue weighted by Gasteiger charge is 2.35. The van der Waals surface area contributed by atoms with E-state index in [9.17, 15) is 9.67 Å². The lowest BCUT2D eigenvalue weighted by Crippen LogP contribution is -2.17. The van der Waals surface area contributed by atoms with Gasteiger partial charge in [-0.1, -0.05) is 57.1 Å². The van der Waals surface area contributed by atoms with Crippen molar-refractivity contribution in [2.45, 2.75) is 60.0 Å². The zero-order valence-electron chi connectivity index (χ0n) is 20.6. The Morgan fingerprint density at radius 1 is 1.08 bits per heavy atom. The van der Waals surface area contributed by atoms with Crippen LogP contribution in [0, 0.1) is 13.8 Å². The van der Waals surface area contributed by atoms with Crippen LogP contribution in [0.1, 0.15) is 73.1 Å². The lowest BCUT2D eigenvalue weighted by atomic mass is 9.93. The Balaban J connectivity index is 0.00000361. The average molecular weight is 531 g/mol. The quantitative estimate of drug-likeness (QED) is 0.309. The van der Waals surface area contributed by atoms with Gasteiger partial charge in [0.1, 0.15) is 11.5 Å². The Bertz CT molecular complexity index is 1220. The highest BCUT2D eigenvalue weighted by atomic mass is 35.5. The highest BCUT2D eigenvalue weighted by molar-refractivity contribution is 7.53. The molecule has 3 aromatic rings. The van der Waals surface area contributed by atoms with E-state index >= 15 is 0 Å². The van der Waals surface area contributed by atoms with Gasteiger partial charge >= 0.3 is 7.60 Å². The predicted molar refractivity (Wildman–Crippen MR) is 147 cm³/mol. The van der Waals surface area contributed by atoms with Crippen LogP contribution in [0.15, 0.2) is 54.6 Å². The van der Waals surface area contributed by atoms with E-state index in [4.69, 9.17) is 25.4 Å². The summed E-state index contributed by atoms with van der Waals surface area (Å²) in [6, 6.07) is 17.1. The highest BCUT2D eigenvalue weighted by Crippen LogP contribution is 2.56. The van der Waals surface area contributed by atoms with Crippen molar-refractivity contribution in [3.05, 3.63) is 93.0 Å². The van der Waals surface area contributed by atoms with Gasteiger partial charge in [0.2, 0.25) is 0 Å². The Kier molecular flexibility index (Phi) is 9.29. The van der Waals surface area contributed by atoms with Gasteiger partial charge in [0.25, 0.3) is 0 Å². The number of aryl methyl sites for hydroxylation is 2. The first-order chi connectivity index (χ1) is 16.6. The SMILES string of the molecule is C.Cc1cc(OC[P@]2(=O)OCC[C@H](c3ccc(Cl)cc3)O2)cc(C)c1Cc1ccc(O)c(C(C)C)c1. The van der Waals surface area contributed by atoms with E-state index in [0.29, 0.717) is 29.5 Å². The first-order valence-corrected chi connectivity index (χ1v) is 14.0. The van der Waals surface area contributed by atoms with E-state index in [1.807, 2.05) is 44.2 Å². The van der Waals surface area contributed by atoms with Crippen LogP contribution < -0.4 is 4.74 Å². The number of aromatic hydroxyl groups is 1. The van der Waals surface area contributed by atoms with E-state index in [2.05, 4.69) is 19.9 Å². The maximum atomic E-state index is 13.2. The topological polar surface area (TPSA) is 65.0 Å². The van der Waals surface area contributed by atoms with Crippen LogP contribution in [0.4, 0.5) is 0 Å². The zero-order valence-corrected chi connectivity index (χ0v) is 22.2. The lowest BCUT2D eigenvalue weighted by molar-refractivity contribution is 0.0725. The number of ether oxygens (including phenoxy) is 1. The molecule has 1 aliphatic rings. The fourth-order valence-electron chi connectivity index (χ4n) is 4.40. The lowest BCUT2D eigenvalue weighted by Gasteiger charge is -2.30. The maximum Gasteiger partial charge on any atom is 0.368 e. The smallest absolute Gasteiger partial charge is 0.368 e. The minimum absolute atomic E-state index is 0. The van der Waals surface area contributed by atoms with Crippen molar-refractivity contribution in [1.29, 1.82) is 0 Å². The summed E-state index contributed by atoms with van der Waals surface area (Å²) in [6.45, 7) is 8.58. The molecule has 1 heterocycles. The van der Waals surface area contributed by atoms with Gasteiger partial charge in [-0.05, 0) is 89.9 Å². The van der Waals surface area contributed by atoms with Gasteiger partial charge in [0, 0.05) is 11.4 Å². The second-order valence-corrected chi connectivity index (χ2v) is 11.8. The standard InChI is InChI=1S/C28H32ClO5P.CH4/c1-18(2)25-15-21(5-10-27(25)30)16-26-19(3)13-24(14-20(26)4)32-17-35(31)33-12-11-28(34-35)22-6-8-23(29)9-7-22;/h5-10,13-15,18,28,30H,11-12,16-17H2,1-4H3;1H4/t28-,35+;/m1./s1. The molecule has 1 saturated heterocycles. The predicted octanol–water partition coefficient (Wildman–Crippen LogP) is 8.72. The van der Waals surface area contributed by atoms with Gasteiger partial charge < -0.3 is 14.4 Å². The fourth-order valence-corrected chi connectivity index (χ4v) is 6.03. The third-order valence-electron chi connectivity index (χ3n) is 6.35. The van der Waals surface area contributed by atoms with Gasteiger partial charge in [0.05, 0.1) is 12.7 Å². The summed E-state index contributed by atoms with van der Waals surface area (Å²) in [4.78, 5) is 0. The Morgan fingerprint density at radius 3 is 2.39 bits per heavy atom. The van der Waals surface area contributed by atoms with Crippen LogP contribution in [-0.4, -0.2) is 18.1 Å². The van der Waals surface area contributed by atoms with Crippen molar-refractivity contribution in [1.82, 2.24) is 0 Å². The van der Waals surface area contributed by atoms with Crippen LogP contribution in [0.5, 0.6) is 11.5 Å². The van der Waals surface area contributed by atoms with Gasteiger partial charge in [-0.3, -0.25) is 9.09 Å². The molecule has 36 heavy (non-hydrogen) atoms. The summed E-state index contributed by atoms with van der Waals surface area (Å²) < 4.78 is 30.5. The summed E-state index contributed by atoms with van der Waals surface area (Å²) in [7, 11) is -3.41. The molecule has 0 aliphatic carbocycles. The fraction of sp³-hybridized carbons (Fsp3) is 0.379. The molecule has 0 amide bonds. The summed E-state index contributed by atoms with van der Waals surface area (Å²) in [6.07, 6.45) is 0.910. The molecule has 1 fully saturated rings. The monoisotopic (exact) mass is 530 g/mol. The van der Waals surface area contributed by atoms with Crippen LogP contribution >= 0.6 is 19.2 Å². The number of phenolic OH excluding ortho intramolecular Hbond substituents is 1. The molecular weight excluding hydrogens is 495 g/mol. The largest absolute Gasteiger partial charge is 0.508 e. The molecule has 7 heteroatoms. The number of benzene rings is 3. The zero-order chi connectivity index (χ0) is 25.2.